The summed E-state index contributed by atoms with van der Waals surface area (Å²) in [5, 5.41) is 14.1. The summed E-state index contributed by atoms with van der Waals surface area (Å²) in [6, 6.07) is 6.55. The molecule has 0 aliphatic heterocycles. The van der Waals surface area contributed by atoms with Gasteiger partial charge in [-0.25, -0.2) is 13.2 Å². The Morgan fingerprint density at radius 3 is 2.76 bits per heavy atom. The molecule has 2 N–H and O–H groups in total. The number of hydrogen-bond donors (Lipinski definition) is 2. The third-order valence-corrected chi connectivity index (χ3v) is 7.56. The topological polar surface area (TPSA) is 153 Å². The fourth-order valence-corrected chi connectivity index (χ4v) is 5.48. The first-order chi connectivity index (χ1) is 15.6. The highest BCUT2D eigenvalue weighted by atomic mass is 35.5. The monoisotopic (exact) mass is 490 g/mol. The van der Waals surface area contributed by atoms with Crippen LogP contribution in [0.5, 0.6) is 0 Å². The van der Waals surface area contributed by atoms with Gasteiger partial charge in [0.15, 0.2) is 0 Å². The molecule has 0 radical (unpaired) electrons. The molecule has 4 aromatic rings. The Labute approximate surface area is 189 Å². The second-order valence-electron chi connectivity index (χ2n) is 7.61. The Morgan fingerprint density at radius 1 is 1.27 bits per heavy atom. The summed E-state index contributed by atoms with van der Waals surface area (Å²) in [6.07, 6.45) is 1.80. The third-order valence-electron chi connectivity index (χ3n) is 5.45. The number of esters is 1. The number of hydrogen-bond acceptors (Lipinski definition) is 8. The molecule has 2 atom stereocenters. The first-order valence-corrected chi connectivity index (χ1v) is 11.5. The maximum Gasteiger partial charge on any atom is 0.362 e. The van der Waals surface area contributed by atoms with Crippen molar-refractivity contribution in [2.24, 2.45) is 0 Å². The number of benzene rings is 2. The Hall–Kier alpha value is -3.64. The van der Waals surface area contributed by atoms with Crippen molar-refractivity contribution in [2.75, 3.05) is 0 Å². The van der Waals surface area contributed by atoms with Crippen molar-refractivity contribution in [1.82, 2.24) is 19.5 Å². The number of carbonyl (C=O) groups excluding carboxylic acids is 1. The number of aromatic amines is 1. The summed E-state index contributed by atoms with van der Waals surface area (Å²) in [5.74, 6) is -0.409. The molecule has 33 heavy (non-hydrogen) atoms. The second kappa shape index (κ2) is 7.18. The predicted octanol–water partition coefficient (Wildman–Crippen LogP) is 1.64. The van der Waals surface area contributed by atoms with E-state index >= 15 is 0 Å². The number of nitrogens with one attached hydrogen (secondary N) is 1. The minimum Gasteiger partial charge on any atom is -0.460 e. The third kappa shape index (κ3) is 3.29. The van der Waals surface area contributed by atoms with Crippen LogP contribution in [0.2, 0.25) is 5.02 Å². The number of H-pyrrole nitrogens is 1. The molecule has 0 spiro atoms. The number of nitrogens with zero attached hydrogens (tertiary/aromatic N) is 3. The number of ether oxygens (including phenoxy) is 1. The molecule has 1 aliphatic carbocycles. The average Bonchev–Trinajstić information content (AvgIpc) is 3.36. The van der Waals surface area contributed by atoms with Gasteiger partial charge in [0.1, 0.15) is 6.10 Å². The smallest absolute Gasteiger partial charge is 0.362 e. The van der Waals surface area contributed by atoms with Crippen molar-refractivity contribution >= 4 is 49.2 Å². The van der Waals surface area contributed by atoms with Crippen molar-refractivity contribution < 1.29 is 23.2 Å². The summed E-state index contributed by atoms with van der Waals surface area (Å²) in [7, 11) is -4.24. The lowest BCUT2D eigenvalue weighted by molar-refractivity contribution is -0.142. The maximum absolute atomic E-state index is 13.5. The lowest BCUT2D eigenvalue weighted by Crippen LogP contribution is -2.33. The summed E-state index contributed by atoms with van der Waals surface area (Å²) in [5.41, 5.74) is -2.15. The fraction of sp³-hybridized carbons (Fsp3) is 0.200. The van der Waals surface area contributed by atoms with Gasteiger partial charge < -0.3 is 14.9 Å². The normalized spacial score (nSPS) is 18.0. The molecule has 2 heterocycles. The van der Waals surface area contributed by atoms with E-state index in [4.69, 9.17) is 16.3 Å². The zero-order valence-electron chi connectivity index (χ0n) is 16.9. The van der Waals surface area contributed by atoms with Gasteiger partial charge in [-0.2, -0.15) is 5.10 Å². The average molecular weight is 491 g/mol. The van der Waals surface area contributed by atoms with Crippen LogP contribution >= 0.6 is 11.6 Å². The molecular weight excluding hydrogens is 476 g/mol. The molecule has 13 heteroatoms. The van der Waals surface area contributed by atoms with E-state index in [-0.39, 0.29) is 42.6 Å². The van der Waals surface area contributed by atoms with Crippen molar-refractivity contribution in [3.63, 3.8) is 0 Å². The molecule has 5 rings (SSSR count). The molecule has 0 bridgehead atoms. The van der Waals surface area contributed by atoms with Crippen LogP contribution in [0.1, 0.15) is 19.4 Å². The van der Waals surface area contributed by atoms with E-state index < -0.39 is 27.1 Å². The van der Waals surface area contributed by atoms with Gasteiger partial charge in [0.05, 0.1) is 43.5 Å². The Kier molecular flexibility index (Phi) is 4.62. The lowest BCUT2D eigenvalue weighted by atomic mass is 10.2. The number of rotatable bonds is 4. The molecule has 0 unspecified atom stereocenters. The molecule has 170 valence electrons. The quantitative estimate of drug-likeness (QED) is 0.323. The van der Waals surface area contributed by atoms with Gasteiger partial charge >= 0.3 is 11.7 Å². The van der Waals surface area contributed by atoms with E-state index in [9.17, 15) is 28.0 Å². The molecule has 1 saturated carbocycles. The molecule has 2 aromatic heterocycles. The van der Waals surface area contributed by atoms with Gasteiger partial charge in [0.2, 0.25) is 9.84 Å². The van der Waals surface area contributed by atoms with E-state index in [0.717, 1.165) is 0 Å². The second-order valence-corrected chi connectivity index (χ2v) is 9.93. The number of fused-ring (bicyclic) bond motifs is 2. The van der Waals surface area contributed by atoms with Crippen molar-refractivity contribution in [3.05, 3.63) is 62.4 Å². The molecule has 11 nitrogen and oxygen atoms in total. The summed E-state index contributed by atoms with van der Waals surface area (Å²) < 4.78 is 33.6. The van der Waals surface area contributed by atoms with Crippen LogP contribution in [0.25, 0.3) is 21.8 Å². The summed E-state index contributed by atoms with van der Waals surface area (Å²) >= 11 is 6.04. The van der Waals surface area contributed by atoms with Gasteiger partial charge in [-0.05, 0) is 30.3 Å². The van der Waals surface area contributed by atoms with Crippen LogP contribution in [0.4, 0.5) is 0 Å². The standard InChI is InChI=1S/C20H15ClN4O7S/c1-9(26)32-15-7-14(15)24-13-6-11(3-2-10(13)8-22-24)33(30,31)16-5-4-12(21)17-18(16)23-20(28)25(29)19(17)27/h2-6,8,14-15,29H,7H2,1H3,(H,23,28)/t14-,15-/m1/s1. The molecule has 0 amide bonds. The lowest BCUT2D eigenvalue weighted by Gasteiger charge is -2.10. The minimum absolute atomic E-state index is 0.112. The zero-order chi connectivity index (χ0) is 23.7. The maximum atomic E-state index is 13.5. The first-order valence-electron chi connectivity index (χ1n) is 9.66. The van der Waals surface area contributed by atoms with Crippen LogP contribution in [0.15, 0.2) is 55.9 Å². The number of halogens is 1. The van der Waals surface area contributed by atoms with E-state index in [1.807, 2.05) is 0 Å². The Balaban J connectivity index is 1.67. The highest BCUT2D eigenvalue weighted by Crippen LogP contribution is 2.41. The van der Waals surface area contributed by atoms with E-state index in [1.165, 1.54) is 31.2 Å². The van der Waals surface area contributed by atoms with Crippen molar-refractivity contribution in [1.29, 1.82) is 0 Å². The molecule has 1 aliphatic rings. The minimum atomic E-state index is -4.24. The van der Waals surface area contributed by atoms with Gasteiger partial charge in [0, 0.05) is 18.7 Å². The van der Waals surface area contributed by atoms with Gasteiger partial charge in [0.25, 0.3) is 5.56 Å². The van der Waals surface area contributed by atoms with Gasteiger partial charge in [-0.3, -0.25) is 14.3 Å². The van der Waals surface area contributed by atoms with Crippen LogP contribution in [0, 0.1) is 0 Å². The van der Waals surface area contributed by atoms with Crippen LogP contribution in [-0.2, 0) is 19.4 Å². The number of aromatic nitrogens is 4. The highest BCUT2D eigenvalue weighted by molar-refractivity contribution is 7.91. The van der Waals surface area contributed by atoms with E-state index in [2.05, 4.69) is 10.1 Å². The predicted molar refractivity (Wildman–Crippen MR) is 115 cm³/mol. The number of carbonyl (C=O) groups is 1. The molecule has 0 saturated heterocycles. The van der Waals surface area contributed by atoms with Crippen LogP contribution in [0.3, 0.4) is 0 Å². The number of sulfone groups is 1. The SMILES string of the molecule is CC(=O)O[C@@H]1C[C@H]1n1ncc2ccc(S(=O)(=O)c3ccc(Cl)c4c(=O)n(O)c(=O)[nH]c34)cc21. The van der Waals surface area contributed by atoms with Crippen molar-refractivity contribution in [2.45, 2.75) is 35.3 Å². The Bertz CT molecular complexity index is 1700. The summed E-state index contributed by atoms with van der Waals surface area (Å²) in [4.78, 5) is 37.2. The Morgan fingerprint density at radius 2 is 2.03 bits per heavy atom. The van der Waals surface area contributed by atoms with Crippen LogP contribution in [-0.4, -0.2) is 45.2 Å². The van der Waals surface area contributed by atoms with E-state index in [0.29, 0.717) is 17.3 Å². The largest absolute Gasteiger partial charge is 0.460 e. The first kappa shape index (κ1) is 21.2. The van der Waals surface area contributed by atoms with E-state index in [1.54, 1.807) is 16.9 Å². The van der Waals surface area contributed by atoms with Crippen LogP contribution < -0.4 is 11.2 Å². The van der Waals surface area contributed by atoms with Gasteiger partial charge in [-0.15, -0.1) is 0 Å². The molecule has 1 fully saturated rings. The van der Waals surface area contributed by atoms with Crippen molar-refractivity contribution in [3.8, 4) is 0 Å². The summed E-state index contributed by atoms with van der Waals surface area (Å²) in [6.45, 7) is 1.31. The fourth-order valence-electron chi connectivity index (χ4n) is 3.81. The molecule has 2 aromatic carbocycles. The molecular formula is C20H15ClN4O7S. The highest BCUT2D eigenvalue weighted by Gasteiger charge is 2.43. The zero-order valence-corrected chi connectivity index (χ0v) is 18.4. The van der Waals surface area contributed by atoms with Gasteiger partial charge in [-0.1, -0.05) is 16.3 Å².